The number of alkyl halides is 3. The van der Waals surface area contributed by atoms with Crippen molar-refractivity contribution < 1.29 is 17.9 Å². The second-order valence-electron chi connectivity index (χ2n) is 4.09. The standard InChI is InChI=1S/C13H18F3NO/c1-3-18-9-8-17(2)10-11-6-4-5-7-12(11)13(14,15)16/h4-7H,3,8-10H2,1-2H3. The van der Waals surface area contributed by atoms with Crippen molar-refractivity contribution in [1.29, 1.82) is 0 Å². The maximum Gasteiger partial charge on any atom is 0.416 e. The van der Waals surface area contributed by atoms with Crippen LogP contribution in [-0.2, 0) is 17.5 Å². The molecular formula is C13H18F3NO. The molecule has 0 atom stereocenters. The fourth-order valence-electron chi connectivity index (χ4n) is 1.67. The first-order chi connectivity index (χ1) is 8.45. The van der Waals surface area contributed by atoms with Crippen molar-refractivity contribution >= 4 is 0 Å². The molecule has 0 aliphatic rings. The van der Waals surface area contributed by atoms with E-state index in [4.69, 9.17) is 4.74 Å². The summed E-state index contributed by atoms with van der Waals surface area (Å²) in [6, 6.07) is 5.67. The van der Waals surface area contributed by atoms with Crippen LogP contribution in [-0.4, -0.2) is 31.7 Å². The van der Waals surface area contributed by atoms with Gasteiger partial charge < -0.3 is 4.74 Å². The van der Waals surface area contributed by atoms with E-state index in [1.54, 1.807) is 13.1 Å². The lowest BCUT2D eigenvalue weighted by molar-refractivity contribution is -0.138. The molecule has 2 nitrogen and oxygen atoms in total. The first kappa shape index (κ1) is 15.0. The van der Waals surface area contributed by atoms with Crippen LogP contribution in [0.5, 0.6) is 0 Å². The number of benzene rings is 1. The highest BCUT2D eigenvalue weighted by molar-refractivity contribution is 5.29. The zero-order valence-corrected chi connectivity index (χ0v) is 10.6. The van der Waals surface area contributed by atoms with Gasteiger partial charge >= 0.3 is 6.18 Å². The van der Waals surface area contributed by atoms with Crippen LogP contribution in [0.3, 0.4) is 0 Å². The molecule has 0 saturated heterocycles. The minimum Gasteiger partial charge on any atom is -0.380 e. The number of hydrogen-bond acceptors (Lipinski definition) is 2. The van der Waals surface area contributed by atoms with Crippen molar-refractivity contribution in [2.24, 2.45) is 0 Å². The van der Waals surface area contributed by atoms with Gasteiger partial charge in [0.1, 0.15) is 0 Å². The van der Waals surface area contributed by atoms with E-state index in [1.165, 1.54) is 12.1 Å². The second-order valence-corrected chi connectivity index (χ2v) is 4.09. The molecule has 102 valence electrons. The Balaban J connectivity index is 2.66. The van der Waals surface area contributed by atoms with Gasteiger partial charge in [-0.2, -0.15) is 13.2 Å². The van der Waals surface area contributed by atoms with E-state index in [0.29, 0.717) is 25.3 Å². The predicted octanol–water partition coefficient (Wildman–Crippen LogP) is 3.17. The van der Waals surface area contributed by atoms with Gasteiger partial charge in [-0.1, -0.05) is 18.2 Å². The summed E-state index contributed by atoms with van der Waals surface area (Å²) in [6.45, 7) is 3.91. The first-order valence-electron chi connectivity index (χ1n) is 5.86. The minimum atomic E-state index is -4.29. The maximum atomic E-state index is 12.8. The second kappa shape index (κ2) is 6.75. The van der Waals surface area contributed by atoms with Gasteiger partial charge in [-0.25, -0.2) is 0 Å². The third kappa shape index (κ3) is 4.66. The van der Waals surface area contributed by atoms with Crippen molar-refractivity contribution in [3.63, 3.8) is 0 Å². The van der Waals surface area contributed by atoms with Gasteiger partial charge in [0, 0.05) is 19.7 Å². The molecule has 0 radical (unpaired) electrons. The van der Waals surface area contributed by atoms with Gasteiger partial charge in [0.25, 0.3) is 0 Å². The van der Waals surface area contributed by atoms with E-state index < -0.39 is 11.7 Å². The van der Waals surface area contributed by atoms with E-state index in [9.17, 15) is 13.2 Å². The smallest absolute Gasteiger partial charge is 0.380 e. The molecule has 0 aliphatic carbocycles. The summed E-state index contributed by atoms with van der Waals surface area (Å²) in [6.07, 6.45) is -4.29. The molecule has 0 saturated carbocycles. The Labute approximate surface area is 105 Å². The maximum absolute atomic E-state index is 12.8. The highest BCUT2D eigenvalue weighted by Gasteiger charge is 2.32. The van der Waals surface area contributed by atoms with Crippen LogP contribution in [0.15, 0.2) is 24.3 Å². The molecule has 5 heteroatoms. The average molecular weight is 261 g/mol. The van der Waals surface area contributed by atoms with E-state index in [1.807, 2.05) is 11.8 Å². The normalized spacial score (nSPS) is 12.1. The van der Waals surface area contributed by atoms with Crippen LogP contribution < -0.4 is 0 Å². The quantitative estimate of drug-likeness (QED) is 0.729. The fourth-order valence-corrected chi connectivity index (χ4v) is 1.67. The van der Waals surface area contributed by atoms with E-state index in [0.717, 1.165) is 6.07 Å². The lowest BCUT2D eigenvalue weighted by atomic mass is 10.1. The lowest BCUT2D eigenvalue weighted by Crippen LogP contribution is -2.24. The Morgan fingerprint density at radius 3 is 2.50 bits per heavy atom. The van der Waals surface area contributed by atoms with Crippen molar-refractivity contribution in [3.8, 4) is 0 Å². The average Bonchev–Trinajstić information content (AvgIpc) is 2.28. The molecule has 0 N–H and O–H groups in total. The molecule has 0 bridgehead atoms. The van der Waals surface area contributed by atoms with Crippen LogP contribution in [0.2, 0.25) is 0 Å². The van der Waals surface area contributed by atoms with Gasteiger partial charge in [-0.15, -0.1) is 0 Å². The van der Waals surface area contributed by atoms with Crippen molar-refractivity contribution in [2.45, 2.75) is 19.6 Å². The zero-order chi connectivity index (χ0) is 13.6. The van der Waals surface area contributed by atoms with E-state index in [-0.39, 0.29) is 6.54 Å². The lowest BCUT2D eigenvalue weighted by Gasteiger charge is -2.19. The topological polar surface area (TPSA) is 12.5 Å². The number of likely N-dealkylation sites (N-methyl/N-ethyl adjacent to an activating group) is 1. The Morgan fingerprint density at radius 1 is 1.22 bits per heavy atom. The molecule has 0 spiro atoms. The Hall–Kier alpha value is -1.07. The molecule has 0 fully saturated rings. The largest absolute Gasteiger partial charge is 0.416 e. The third-order valence-corrected chi connectivity index (χ3v) is 2.58. The van der Waals surface area contributed by atoms with Crippen molar-refractivity contribution in [3.05, 3.63) is 35.4 Å². The minimum absolute atomic E-state index is 0.267. The van der Waals surface area contributed by atoms with Gasteiger partial charge in [-0.05, 0) is 25.6 Å². The van der Waals surface area contributed by atoms with Crippen LogP contribution >= 0.6 is 0 Å². The molecule has 18 heavy (non-hydrogen) atoms. The summed E-state index contributed by atoms with van der Waals surface area (Å²) in [4.78, 5) is 1.82. The molecule has 1 aromatic rings. The highest BCUT2D eigenvalue weighted by Crippen LogP contribution is 2.32. The molecule has 0 aromatic heterocycles. The summed E-state index contributed by atoms with van der Waals surface area (Å²) in [7, 11) is 1.78. The summed E-state index contributed by atoms with van der Waals surface area (Å²) in [5, 5.41) is 0. The molecule has 0 unspecified atom stereocenters. The predicted molar refractivity (Wildman–Crippen MR) is 64.3 cm³/mol. The SMILES string of the molecule is CCOCCN(C)Cc1ccccc1C(F)(F)F. The molecule has 1 rings (SSSR count). The number of nitrogens with zero attached hydrogens (tertiary/aromatic N) is 1. The molecule has 1 aromatic carbocycles. The highest BCUT2D eigenvalue weighted by atomic mass is 19.4. The summed E-state index contributed by atoms with van der Waals surface area (Å²) < 4.78 is 43.5. The fraction of sp³-hybridized carbons (Fsp3) is 0.538. The van der Waals surface area contributed by atoms with Crippen LogP contribution in [0.25, 0.3) is 0 Å². The molecule has 0 heterocycles. The number of rotatable bonds is 6. The zero-order valence-electron chi connectivity index (χ0n) is 10.6. The Morgan fingerprint density at radius 2 is 1.89 bits per heavy atom. The van der Waals surface area contributed by atoms with Gasteiger partial charge in [0.05, 0.1) is 12.2 Å². The summed E-state index contributed by atoms with van der Waals surface area (Å²) >= 11 is 0. The van der Waals surface area contributed by atoms with Crippen LogP contribution in [0.4, 0.5) is 13.2 Å². The first-order valence-corrected chi connectivity index (χ1v) is 5.86. The van der Waals surface area contributed by atoms with Crippen LogP contribution in [0.1, 0.15) is 18.1 Å². The third-order valence-electron chi connectivity index (χ3n) is 2.58. The summed E-state index contributed by atoms with van der Waals surface area (Å²) in [5.74, 6) is 0. The Bertz CT molecular complexity index is 365. The molecule has 0 amide bonds. The van der Waals surface area contributed by atoms with Gasteiger partial charge in [0.2, 0.25) is 0 Å². The molecule has 0 aliphatic heterocycles. The summed E-state index contributed by atoms with van der Waals surface area (Å²) in [5.41, 5.74) is -0.266. The Kier molecular flexibility index (Phi) is 5.62. The monoisotopic (exact) mass is 261 g/mol. The number of ether oxygens (including phenoxy) is 1. The van der Waals surface area contributed by atoms with Crippen molar-refractivity contribution in [2.75, 3.05) is 26.8 Å². The number of hydrogen-bond donors (Lipinski definition) is 0. The van der Waals surface area contributed by atoms with E-state index >= 15 is 0 Å². The van der Waals surface area contributed by atoms with E-state index in [2.05, 4.69) is 0 Å². The van der Waals surface area contributed by atoms with Gasteiger partial charge in [-0.3, -0.25) is 4.90 Å². The molecular weight excluding hydrogens is 243 g/mol. The van der Waals surface area contributed by atoms with Crippen LogP contribution in [0, 0.1) is 0 Å². The van der Waals surface area contributed by atoms with Gasteiger partial charge in [0.15, 0.2) is 0 Å². The number of halogens is 3. The van der Waals surface area contributed by atoms with Crippen molar-refractivity contribution in [1.82, 2.24) is 4.90 Å².